The molecule has 21 heavy (non-hydrogen) atoms. The summed E-state index contributed by atoms with van der Waals surface area (Å²) < 4.78 is 32.0. The molecule has 1 aromatic carbocycles. The van der Waals surface area contributed by atoms with E-state index in [0.717, 1.165) is 0 Å². The van der Waals surface area contributed by atoms with Gasteiger partial charge in [-0.2, -0.15) is 0 Å². The van der Waals surface area contributed by atoms with Crippen molar-refractivity contribution < 1.29 is 12.8 Å². The number of furan rings is 1. The Balaban J connectivity index is 2.13. The summed E-state index contributed by atoms with van der Waals surface area (Å²) in [5.74, 6) is 0.660. The Kier molecular flexibility index (Phi) is 4.92. The number of aliphatic imine (C=N–C) groups is 1. The van der Waals surface area contributed by atoms with Crippen LogP contribution in [-0.2, 0) is 16.6 Å². The maximum atomic E-state index is 12.2. The number of nitrogen functional groups attached to an aromatic ring is 1. The highest BCUT2D eigenvalue weighted by molar-refractivity contribution is 8.14. The van der Waals surface area contributed by atoms with Gasteiger partial charge >= 0.3 is 0 Å². The minimum atomic E-state index is -3.67. The molecule has 0 bridgehead atoms. The smallest absolute Gasteiger partial charge is 0.263 e. The molecule has 2 aromatic rings. The fourth-order valence-electron chi connectivity index (χ4n) is 1.51. The van der Waals surface area contributed by atoms with Crippen LogP contribution in [0.1, 0.15) is 5.76 Å². The van der Waals surface area contributed by atoms with E-state index in [1.54, 1.807) is 24.7 Å². The lowest BCUT2D eigenvalue weighted by Gasteiger charge is -2.09. The van der Waals surface area contributed by atoms with Crippen molar-refractivity contribution in [1.29, 1.82) is 0 Å². The van der Waals surface area contributed by atoms with Gasteiger partial charge in [0.05, 0.1) is 17.7 Å². The van der Waals surface area contributed by atoms with Gasteiger partial charge in [0.25, 0.3) is 10.0 Å². The number of hydrogen-bond acceptors (Lipinski definition) is 6. The lowest BCUT2D eigenvalue weighted by Crippen LogP contribution is -2.28. The van der Waals surface area contributed by atoms with Crippen LogP contribution < -0.4 is 10.5 Å². The zero-order chi connectivity index (χ0) is 15.3. The molecule has 8 heteroatoms. The molecular formula is C13H15N3O3S2. The van der Waals surface area contributed by atoms with Crippen molar-refractivity contribution in [3.05, 3.63) is 48.4 Å². The quantitative estimate of drug-likeness (QED) is 0.509. The van der Waals surface area contributed by atoms with E-state index in [1.807, 2.05) is 0 Å². The number of nitrogens with zero attached hydrogens (tertiary/aromatic N) is 1. The van der Waals surface area contributed by atoms with Crippen molar-refractivity contribution in [2.45, 2.75) is 11.4 Å². The van der Waals surface area contributed by atoms with E-state index in [9.17, 15) is 8.42 Å². The molecule has 0 saturated carbocycles. The second-order valence-corrected chi connectivity index (χ2v) is 6.56. The van der Waals surface area contributed by atoms with Crippen LogP contribution >= 0.6 is 11.8 Å². The molecule has 0 aliphatic heterocycles. The number of amidine groups is 1. The van der Waals surface area contributed by atoms with Crippen LogP contribution in [0.4, 0.5) is 5.69 Å². The summed E-state index contributed by atoms with van der Waals surface area (Å²) in [5.41, 5.74) is 6.05. The maximum Gasteiger partial charge on any atom is 0.263 e. The molecule has 0 aliphatic rings. The number of nitrogens with two attached hydrogens (primary N) is 1. The summed E-state index contributed by atoms with van der Waals surface area (Å²) in [7, 11) is -3.67. The first kappa shape index (κ1) is 15.5. The first-order valence-corrected chi connectivity index (χ1v) is 8.71. The van der Waals surface area contributed by atoms with Gasteiger partial charge in [-0.3, -0.25) is 9.71 Å². The Bertz CT molecular complexity index is 708. The van der Waals surface area contributed by atoms with E-state index < -0.39 is 10.0 Å². The number of thioether (sulfide) groups is 1. The number of sulfonamides is 1. The third kappa shape index (κ3) is 4.27. The summed E-state index contributed by atoms with van der Waals surface area (Å²) in [5, 5.41) is 0.295. The molecule has 1 aromatic heterocycles. The van der Waals surface area contributed by atoms with Gasteiger partial charge in [0.15, 0.2) is 5.17 Å². The van der Waals surface area contributed by atoms with Crippen LogP contribution in [0.15, 0.2) is 57.0 Å². The third-order valence-corrected chi connectivity index (χ3v) is 4.67. The highest BCUT2D eigenvalue weighted by atomic mass is 32.2. The Labute approximate surface area is 127 Å². The fraction of sp³-hybridized carbons (Fsp3) is 0.154. The fourth-order valence-corrected chi connectivity index (χ4v) is 3.27. The van der Waals surface area contributed by atoms with E-state index in [4.69, 9.17) is 10.2 Å². The monoisotopic (exact) mass is 325 g/mol. The zero-order valence-corrected chi connectivity index (χ0v) is 12.9. The summed E-state index contributed by atoms with van der Waals surface area (Å²) in [6.45, 7) is 0.271. The Morgan fingerprint density at radius 3 is 2.62 bits per heavy atom. The maximum absolute atomic E-state index is 12.2. The number of hydrogen-bond donors (Lipinski definition) is 2. The van der Waals surface area contributed by atoms with Crippen molar-refractivity contribution in [2.24, 2.45) is 4.99 Å². The SMILES string of the molecule is CSC(=NCc1ccco1)NS(=O)(=O)c1ccc(N)cc1. The van der Waals surface area contributed by atoms with E-state index >= 15 is 0 Å². The van der Waals surface area contributed by atoms with Crippen LogP contribution in [-0.4, -0.2) is 19.8 Å². The minimum absolute atomic E-state index is 0.136. The van der Waals surface area contributed by atoms with Crippen molar-refractivity contribution >= 4 is 32.6 Å². The number of benzene rings is 1. The molecule has 112 valence electrons. The predicted octanol–water partition coefficient (Wildman–Crippen LogP) is 2.06. The normalized spacial score (nSPS) is 12.3. The lowest BCUT2D eigenvalue weighted by molar-refractivity contribution is 0.513. The molecule has 0 unspecified atom stereocenters. The van der Waals surface area contributed by atoms with Gasteiger partial charge in [-0.25, -0.2) is 8.42 Å². The van der Waals surface area contributed by atoms with Crippen LogP contribution in [0.3, 0.4) is 0 Å². The summed E-state index contributed by atoms with van der Waals surface area (Å²) in [6.07, 6.45) is 3.29. The molecule has 6 nitrogen and oxygen atoms in total. The van der Waals surface area contributed by atoms with Gasteiger partial charge in [0, 0.05) is 5.69 Å². The van der Waals surface area contributed by atoms with Crippen molar-refractivity contribution in [2.75, 3.05) is 12.0 Å². The molecule has 0 atom stereocenters. The van der Waals surface area contributed by atoms with Crippen LogP contribution in [0.5, 0.6) is 0 Å². The number of nitrogens with one attached hydrogen (secondary N) is 1. The average Bonchev–Trinajstić information content (AvgIpc) is 2.97. The second kappa shape index (κ2) is 6.68. The van der Waals surface area contributed by atoms with Crippen molar-refractivity contribution in [3.8, 4) is 0 Å². The molecule has 0 spiro atoms. The van der Waals surface area contributed by atoms with Crippen LogP contribution in [0.2, 0.25) is 0 Å². The second-order valence-electron chi connectivity index (χ2n) is 4.08. The highest BCUT2D eigenvalue weighted by Crippen LogP contribution is 2.13. The van der Waals surface area contributed by atoms with E-state index in [1.165, 1.54) is 36.0 Å². The standard InChI is InChI=1S/C13H15N3O3S2/c1-20-13(15-9-11-3-2-8-19-11)16-21(17,18)12-6-4-10(14)5-7-12/h2-8H,9,14H2,1H3,(H,15,16). The molecule has 3 N–H and O–H groups in total. The Morgan fingerprint density at radius 2 is 2.05 bits per heavy atom. The van der Waals surface area contributed by atoms with Crippen molar-refractivity contribution in [1.82, 2.24) is 4.72 Å². The highest BCUT2D eigenvalue weighted by Gasteiger charge is 2.15. The summed E-state index contributed by atoms with van der Waals surface area (Å²) in [4.78, 5) is 4.32. The molecule has 0 amide bonds. The first-order chi connectivity index (χ1) is 10.0. The molecule has 1 heterocycles. The Hall–Kier alpha value is -1.93. The molecule has 0 fully saturated rings. The number of rotatable bonds is 4. The van der Waals surface area contributed by atoms with Crippen LogP contribution in [0, 0.1) is 0 Å². The van der Waals surface area contributed by atoms with Crippen LogP contribution in [0.25, 0.3) is 0 Å². The topological polar surface area (TPSA) is 97.7 Å². The van der Waals surface area contributed by atoms with Gasteiger partial charge in [0.1, 0.15) is 5.76 Å². The largest absolute Gasteiger partial charge is 0.467 e. The van der Waals surface area contributed by atoms with Crippen molar-refractivity contribution in [3.63, 3.8) is 0 Å². The summed E-state index contributed by atoms with van der Waals surface area (Å²) in [6, 6.07) is 9.49. The molecular weight excluding hydrogens is 310 g/mol. The van der Waals surface area contributed by atoms with Gasteiger partial charge in [-0.1, -0.05) is 11.8 Å². The Morgan fingerprint density at radius 1 is 1.33 bits per heavy atom. The van der Waals surface area contributed by atoms with Gasteiger partial charge in [-0.05, 0) is 42.7 Å². The zero-order valence-electron chi connectivity index (χ0n) is 11.3. The van der Waals surface area contributed by atoms with E-state index in [-0.39, 0.29) is 11.4 Å². The lowest BCUT2D eigenvalue weighted by atomic mass is 10.3. The molecule has 0 radical (unpaired) electrons. The minimum Gasteiger partial charge on any atom is -0.467 e. The van der Waals surface area contributed by atoms with E-state index in [0.29, 0.717) is 16.6 Å². The average molecular weight is 325 g/mol. The molecule has 2 rings (SSSR count). The van der Waals surface area contributed by atoms with E-state index in [2.05, 4.69) is 9.71 Å². The molecule has 0 saturated heterocycles. The van der Waals surface area contributed by atoms with Gasteiger partial charge < -0.3 is 10.2 Å². The number of anilines is 1. The molecule has 0 aliphatic carbocycles. The van der Waals surface area contributed by atoms with Gasteiger partial charge in [0.2, 0.25) is 0 Å². The first-order valence-electron chi connectivity index (χ1n) is 6.00. The predicted molar refractivity (Wildman–Crippen MR) is 84.5 cm³/mol. The van der Waals surface area contributed by atoms with Gasteiger partial charge in [-0.15, -0.1) is 0 Å². The summed E-state index contributed by atoms with van der Waals surface area (Å²) >= 11 is 1.21. The third-order valence-electron chi connectivity index (χ3n) is 2.56.